The molecule has 5 rings (SSSR count). The molecular formula is C23H23N7O. The molecule has 0 saturated carbocycles. The minimum Gasteiger partial charge on any atom is -0.354 e. The number of anilines is 1. The zero-order valence-corrected chi connectivity index (χ0v) is 16.8. The first-order valence-corrected chi connectivity index (χ1v) is 10.1. The van der Waals surface area contributed by atoms with Crippen molar-refractivity contribution in [3.63, 3.8) is 0 Å². The zero-order chi connectivity index (χ0) is 23.7. The van der Waals surface area contributed by atoms with Gasteiger partial charge in [-0.25, -0.2) is 4.98 Å². The molecular weight excluding hydrogens is 390 g/mol. The summed E-state index contributed by atoms with van der Waals surface area (Å²) in [7, 11) is 0. The lowest BCUT2D eigenvalue weighted by Crippen LogP contribution is -2.44. The standard InChI is InChI=1S/C23H23N7O/c1-29-4-6-30(7-5-29)23-10-16(2-3-24-23)22(31)11-20-8-17-9-21(19-14-27-28-15-19)26-13-18(17)12-25-20/h2-3,8-10,12-15H,4-7,11H2,1H3,(H,27,28)/i1D3. The average molecular weight is 417 g/mol. The molecule has 0 aliphatic carbocycles. The molecule has 1 aliphatic rings. The van der Waals surface area contributed by atoms with Crippen LogP contribution in [-0.2, 0) is 6.42 Å². The number of likely N-dealkylation sites (N-methyl/N-ethyl adjacent to an activating group) is 1. The number of carbonyl (C=O) groups is 1. The van der Waals surface area contributed by atoms with Gasteiger partial charge in [0.05, 0.1) is 18.3 Å². The Morgan fingerprint density at radius 2 is 1.94 bits per heavy atom. The number of carbonyl (C=O) groups excluding carboxylic acids is 1. The monoisotopic (exact) mass is 416 g/mol. The van der Waals surface area contributed by atoms with E-state index in [1.54, 1.807) is 43.1 Å². The average Bonchev–Trinajstić information content (AvgIpc) is 3.38. The summed E-state index contributed by atoms with van der Waals surface area (Å²) in [6.45, 7) is -0.149. The van der Waals surface area contributed by atoms with E-state index in [9.17, 15) is 4.79 Å². The number of hydrogen-bond acceptors (Lipinski definition) is 7. The quantitative estimate of drug-likeness (QED) is 0.500. The molecule has 0 atom stereocenters. The zero-order valence-electron chi connectivity index (χ0n) is 19.8. The van der Waals surface area contributed by atoms with E-state index < -0.39 is 6.98 Å². The number of nitrogens with zero attached hydrogens (tertiary/aromatic N) is 6. The maximum atomic E-state index is 13.0. The molecule has 1 N–H and O–H groups in total. The van der Waals surface area contributed by atoms with Crippen molar-refractivity contribution in [2.45, 2.75) is 6.42 Å². The van der Waals surface area contributed by atoms with Crippen LogP contribution in [0, 0.1) is 0 Å². The van der Waals surface area contributed by atoms with Crippen molar-refractivity contribution in [2.24, 2.45) is 0 Å². The van der Waals surface area contributed by atoms with Crippen molar-refractivity contribution < 1.29 is 8.91 Å². The predicted octanol–water partition coefficient (Wildman–Crippen LogP) is 2.59. The van der Waals surface area contributed by atoms with Crippen LogP contribution in [0.15, 0.2) is 55.2 Å². The molecule has 156 valence electrons. The van der Waals surface area contributed by atoms with Gasteiger partial charge in [-0.2, -0.15) is 5.10 Å². The van der Waals surface area contributed by atoms with Gasteiger partial charge >= 0.3 is 0 Å². The Hall–Kier alpha value is -3.65. The molecule has 1 aliphatic heterocycles. The fraction of sp³-hybridized carbons (Fsp3) is 0.261. The number of aromatic nitrogens is 5. The highest BCUT2D eigenvalue weighted by Gasteiger charge is 2.17. The first kappa shape index (κ1) is 16.1. The molecule has 31 heavy (non-hydrogen) atoms. The molecule has 0 spiro atoms. The molecule has 4 aromatic heterocycles. The Morgan fingerprint density at radius 3 is 2.74 bits per heavy atom. The van der Waals surface area contributed by atoms with Gasteiger partial charge in [0.1, 0.15) is 5.82 Å². The number of ketones is 1. The Kier molecular flexibility index (Phi) is 4.27. The molecule has 8 nitrogen and oxygen atoms in total. The lowest BCUT2D eigenvalue weighted by molar-refractivity contribution is 0.0992. The summed E-state index contributed by atoms with van der Waals surface area (Å²) in [6, 6.07) is 7.34. The second kappa shape index (κ2) is 8.23. The number of Topliss-reactive ketones (excluding diaryl/α,β-unsaturated/α-hetero) is 1. The van der Waals surface area contributed by atoms with Crippen molar-refractivity contribution in [1.82, 2.24) is 30.0 Å². The van der Waals surface area contributed by atoms with Crippen LogP contribution in [0.4, 0.5) is 5.82 Å². The molecule has 0 bridgehead atoms. The van der Waals surface area contributed by atoms with Crippen molar-refractivity contribution in [3.05, 3.63) is 66.5 Å². The summed E-state index contributed by atoms with van der Waals surface area (Å²) in [5.41, 5.74) is 2.91. The maximum Gasteiger partial charge on any atom is 0.169 e. The van der Waals surface area contributed by atoms with Crippen LogP contribution in [-0.4, -0.2) is 69.0 Å². The van der Waals surface area contributed by atoms with E-state index in [1.807, 2.05) is 17.0 Å². The number of pyridine rings is 3. The van der Waals surface area contributed by atoms with E-state index in [0.717, 1.165) is 22.0 Å². The summed E-state index contributed by atoms with van der Waals surface area (Å²) in [4.78, 5) is 29.8. The number of H-pyrrole nitrogens is 1. The molecule has 4 aromatic rings. The van der Waals surface area contributed by atoms with Gasteiger partial charge < -0.3 is 9.80 Å². The Labute approximate surface area is 184 Å². The van der Waals surface area contributed by atoms with Crippen molar-refractivity contribution in [1.29, 1.82) is 0 Å². The van der Waals surface area contributed by atoms with Gasteiger partial charge in [0.2, 0.25) is 0 Å². The van der Waals surface area contributed by atoms with Gasteiger partial charge in [-0.05, 0) is 36.6 Å². The van der Waals surface area contributed by atoms with Gasteiger partial charge in [-0.3, -0.25) is 19.9 Å². The summed E-state index contributed by atoms with van der Waals surface area (Å²) < 4.78 is 22.7. The first-order valence-electron chi connectivity index (χ1n) is 11.6. The third-order valence-electron chi connectivity index (χ3n) is 5.47. The SMILES string of the molecule is [2H]C([2H])([2H])N1CCN(c2cc(C(=O)Cc3cc4cc(-c5cn[nH]c5)ncc4cn3)ccn2)CC1. The molecule has 1 fully saturated rings. The van der Waals surface area contributed by atoms with Crippen LogP contribution in [0.1, 0.15) is 20.2 Å². The molecule has 0 radical (unpaired) electrons. The third kappa shape index (κ3) is 4.15. The Morgan fingerprint density at radius 1 is 1.06 bits per heavy atom. The summed E-state index contributed by atoms with van der Waals surface area (Å²) in [5, 5.41) is 8.60. The van der Waals surface area contributed by atoms with Gasteiger partial charge in [0, 0.05) is 77.3 Å². The molecule has 5 heterocycles. The van der Waals surface area contributed by atoms with Crippen molar-refractivity contribution in [2.75, 3.05) is 38.1 Å². The van der Waals surface area contributed by atoms with Crippen LogP contribution in [0.25, 0.3) is 22.0 Å². The maximum absolute atomic E-state index is 13.0. The molecule has 0 amide bonds. The number of rotatable bonds is 5. The van der Waals surface area contributed by atoms with Crippen LogP contribution in [0.3, 0.4) is 0 Å². The van der Waals surface area contributed by atoms with E-state index >= 15 is 0 Å². The number of nitrogens with one attached hydrogen (secondary N) is 1. The minimum absolute atomic E-state index is 0.0549. The highest BCUT2D eigenvalue weighted by Crippen LogP contribution is 2.22. The number of piperazine rings is 1. The van der Waals surface area contributed by atoms with Gasteiger partial charge in [0.25, 0.3) is 0 Å². The van der Waals surface area contributed by atoms with Crippen molar-refractivity contribution in [3.8, 4) is 11.3 Å². The number of aromatic amines is 1. The van der Waals surface area contributed by atoms with Crippen LogP contribution in [0.2, 0.25) is 0 Å². The summed E-state index contributed by atoms with van der Waals surface area (Å²) in [5.74, 6) is 0.624. The highest BCUT2D eigenvalue weighted by molar-refractivity contribution is 5.98. The largest absolute Gasteiger partial charge is 0.354 e. The van der Waals surface area contributed by atoms with Gasteiger partial charge in [-0.15, -0.1) is 0 Å². The Bertz CT molecular complexity index is 1320. The van der Waals surface area contributed by atoms with Gasteiger partial charge in [-0.1, -0.05) is 0 Å². The third-order valence-corrected chi connectivity index (χ3v) is 5.47. The van der Waals surface area contributed by atoms with E-state index in [0.29, 0.717) is 43.3 Å². The fourth-order valence-electron chi connectivity index (χ4n) is 3.70. The number of hydrogen-bond donors (Lipinski definition) is 1. The summed E-state index contributed by atoms with van der Waals surface area (Å²) >= 11 is 0. The van der Waals surface area contributed by atoms with E-state index in [4.69, 9.17) is 4.11 Å². The second-order valence-electron chi connectivity index (χ2n) is 7.56. The van der Waals surface area contributed by atoms with Crippen molar-refractivity contribution >= 4 is 22.4 Å². The first-order chi connectivity index (χ1) is 16.4. The van der Waals surface area contributed by atoms with Crippen LogP contribution in [0.5, 0.6) is 0 Å². The van der Waals surface area contributed by atoms with E-state index in [1.165, 1.54) is 4.90 Å². The second-order valence-corrected chi connectivity index (χ2v) is 7.56. The topological polar surface area (TPSA) is 90.9 Å². The molecule has 0 unspecified atom stereocenters. The van der Waals surface area contributed by atoms with E-state index in [-0.39, 0.29) is 12.2 Å². The van der Waals surface area contributed by atoms with Crippen LogP contribution >= 0.6 is 0 Å². The summed E-state index contributed by atoms with van der Waals surface area (Å²) in [6.07, 6.45) is 8.77. The normalized spacial score (nSPS) is 16.6. The van der Waals surface area contributed by atoms with Crippen LogP contribution < -0.4 is 4.90 Å². The Balaban J connectivity index is 1.31. The van der Waals surface area contributed by atoms with Gasteiger partial charge in [0.15, 0.2) is 5.78 Å². The predicted molar refractivity (Wildman–Crippen MR) is 119 cm³/mol. The number of fused-ring (bicyclic) bond motifs is 1. The molecule has 8 heteroatoms. The molecule has 1 saturated heterocycles. The molecule has 0 aromatic carbocycles. The smallest absolute Gasteiger partial charge is 0.169 e. The lowest BCUT2D eigenvalue weighted by atomic mass is 10.0. The fourth-order valence-corrected chi connectivity index (χ4v) is 3.70. The minimum atomic E-state index is -2.08. The lowest BCUT2D eigenvalue weighted by Gasteiger charge is -2.33. The van der Waals surface area contributed by atoms with E-state index in [2.05, 4.69) is 25.1 Å². The highest BCUT2D eigenvalue weighted by atomic mass is 16.1.